The molecule has 3 rings (SSSR count). The SMILES string of the molecule is O=C(CCC(=O)N1CCC[C@@H](c2ncc[nH]2)C1)c1ccc(F)cc1. The zero-order chi connectivity index (χ0) is 16.9. The van der Waals surface area contributed by atoms with Crippen LogP contribution in [0.5, 0.6) is 0 Å². The number of hydrogen-bond donors (Lipinski definition) is 1. The molecule has 2 heterocycles. The van der Waals surface area contributed by atoms with Gasteiger partial charge in [-0.25, -0.2) is 9.37 Å². The molecule has 1 aliphatic rings. The average molecular weight is 329 g/mol. The van der Waals surface area contributed by atoms with Crippen molar-refractivity contribution in [2.75, 3.05) is 13.1 Å². The van der Waals surface area contributed by atoms with E-state index >= 15 is 0 Å². The van der Waals surface area contributed by atoms with Crippen LogP contribution in [0, 0.1) is 5.82 Å². The predicted molar refractivity (Wildman–Crippen MR) is 87.1 cm³/mol. The Morgan fingerprint density at radius 3 is 2.75 bits per heavy atom. The van der Waals surface area contributed by atoms with E-state index < -0.39 is 0 Å². The van der Waals surface area contributed by atoms with Gasteiger partial charge in [0.05, 0.1) is 0 Å². The summed E-state index contributed by atoms with van der Waals surface area (Å²) >= 11 is 0. The third-order valence-corrected chi connectivity index (χ3v) is 4.41. The molecule has 0 spiro atoms. The number of likely N-dealkylation sites (tertiary alicyclic amines) is 1. The molecule has 6 heteroatoms. The number of piperidine rings is 1. The molecule has 126 valence electrons. The van der Waals surface area contributed by atoms with Crippen LogP contribution in [0.3, 0.4) is 0 Å². The number of ketones is 1. The Morgan fingerprint density at radius 2 is 2.04 bits per heavy atom. The fraction of sp³-hybridized carbons (Fsp3) is 0.389. The van der Waals surface area contributed by atoms with Gasteiger partial charge in [-0.05, 0) is 37.1 Å². The van der Waals surface area contributed by atoms with Crippen LogP contribution in [0.2, 0.25) is 0 Å². The van der Waals surface area contributed by atoms with Crippen LogP contribution in [-0.4, -0.2) is 39.6 Å². The van der Waals surface area contributed by atoms with Gasteiger partial charge >= 0.3 is 0 Å². The summed E-state index contributed by atoms with van der Waals surface area (Å²) in [6, 6.07) is 5.42. The van der Waals surface area contributed by atoms with Crippen LogP contribution < -0.4 is 0 Å². The molecule has 1 aromatic carbocycles. The number of nitrogens with one attached hydrogen (secondary N) is 1. The van der Waals surface area contributed by atoms with Crippen LogP contribution in [0.4, 0.5) is 4.39 Å². The Labute approximate surface area is 139 Å². The van der Waals surface area contributed by atoms with Crippen molar-refractivity contribution in [3.05, 3.63) is 53.9 Å². The van der Waals surface area contributed by atoms with E-state index in [0.717, 1.165) is 25.2 Å². The lowest BCUT2D eigenvalue weighted by molar-refractivity contribution is -0.132. The molecule has 1 amide bonds. The van der Waals surface area contributed by atoms with E-state index in [-0.39, 0.29) is 36.3 Å². The highest BCUT2D eigenvalue weighted by atomic mass is 19.1. The minimum Gasteiger partial charge on any atom is -0.348 e. The van der Waals surface area contributed by atoms with Gasteiger partial charge in [-0.3, -0.25) is 9.59 Å². The van der Waals surface area contributed by atoms with Crippen molar-refractivity contribution in [2.45, 2.75) is 31.6 Å². The second-order valence-electron chi connectivity index (χ2n) is 6.08. The van der Waals surface area contributed by atoms with Gasteiger partial charge < -0.3 is 9.88 Å². The molecule has 1 saturated heterocycles. The summed E-state index contributed by atoms with van der Waals surface area (Å²) in [4.78, 5) is 33.7. The van der Waals surface area contributed by atoms with E-state index in [2.05, 4.69) is 9.97 Å². The van der Waals surface area contributed by atoms with Crippen LogP contribution in [0.25, 0.3) is 0 Å². The fourth-order valence-electron chi connectivity index (χ4n) is 3.09. The van der Waals surface area contributed by atoms with Gasteiger partial charge in [-0.2, -0.15) is 0 Å². The van der Waals surface area contributed by atoms with Crippen LogP contribution in [0.15, 0.2) is 36.7 Å². The Hall–Kier alpha value is -2.50. The Morgan fingerprint density at radius 1 is 1.25 bits per heavy atom. The number of carbonyl (C=O) groups excluding carboxylic acids is 2. The van der Waals surface area contributed by atoms with Crippen molar-refractivity contribution in [1.29, 1.82) is 0 Å². The summed E-state index contributed by atoms with van der Waals surface area (Å²) in [5.74, 6) is 0.616. The number of rotatable bonds is 5. The molecule has 0 bridgehead atoms. The topological polar surface area (TPSA) is 66.1 Å². The van der Waals surface area contributed by atoms with Crippen molar-refractivity contribution in [1.82, 2.24) is 14.9 Å². The molecule has 1 aromatic heterocycles. The van der Waals surface area contributed by atoms with Gasteiger partial charge in [-0.1, -0.05) is 0 Å². The average Bonchev–Trinajstić information content (AvgIpc) is 3.15. The van der Waals surface area contributed by atoms with Crippen LogP contribution in [0.1, 0.15) is 47.8 Å². The standard InChI is InChI=1S/C18H20FN3O2/c19-15-5-3-13(4-6-15)16(23)7-8-17(24)22-11-1-2-14(12-22)18-20-9-10-21-18/h3-6,9-10,14H,1-2,7-8,11-12H2,(H,20,21)/t14-/m1/s1. The number of imidazole rings is 1. The molecule has 0 saturated carbocycles. The molecule has 1 atom stereocenters. The molecular weight excluding hydrogens is 309 g/mol. The number of H-pyrrole nitrogens is 1. The zero-order valence-electron chi connectivity index (χ0n) is 13.4. The number of Topliss-reactive ketones (excluding diaryl/α,β-unsaturated/α-hetero) is 1. The maximum atomic E-state index is 12.9. The maximum Gasteiger partial charge on any atom is 0.223 e. The fourth-order valence-corrected chi connectivity index (χ4v) is 3.09. The number of halogens is 1. The summed E-state index contributed by atoms with van der Waals surface area (Å²) in [7, 11) is 0. The number of aromatic amines is 1. The van der Waals surface area contributed by atoms with Crippen molar-refractivity contribution in [3.63, 3.8) is 0 Å². The van der Waals surface area contributed by atoms with Crippen LogP contribution >= 0.6 is 0 Å². The number of aromatic nitrogens is 2. The predicted octanol–water partition coefficient (Wildman–Crippen LogP) is 2.92. The first kappa shape index (κ1) is 16.4. The van der Waals surface area contributed by atoms with E-state index in [9.17, 15) is 14.0 Å². The minimum atomic E-state index is -0.375. The summed E-state index contributed by atoms with van der Waals surface area (Å²) in [6.45, 7) is 1.36. The lowest BCUT2D eigenvalue weighted by Crippen LogP contribution is -2.39. The number of amides is 1. The highest BCUT2D eigenvalue weighted by Gasteiger charge is 2.26. The second-order valence-corrected chi connectivity index (χ2v) is 6.08. The first-order valence-electron chi connectivity index (χ1n) is 8.19. The van der Waals surface area contributed by atoms with E-state index in [1.807, 2.05) is 4.90 Å². The third-order valence-electron chi connectivity index (χ3n) is 4.41. The van der Waals surface area contributed by atoms with Gasteiger partial charge in [0.25, 0.3) is 0 Å². The molecule has 1 aliphatic heterocycles. The van der Waals surface area contributed by atoms with Crippen molar-refractivity contribution < 1.29 is 14.0 Å². The molecule has 24 heavy (non-hydrogen) atoms. The van der Waals surface area contributed by atoms with E-state index in [1.54, 1.807) is 12.4 Å². The molecule has 2 aromatic rings. The first-order valence-corrected chi connectivity index (χ1v) is 8.19. The van der Waals surface area contributed by atoms with Gasteiger partial charge in [-0.15, -0.1) is 0 Å². The van der Waals surface area contributed by atoms with Gasteiger partial charge in [0.2, 0.25) is 5.91 Å². The van der Waals surface area contributed by atoms with E-state index in [1.165, 1.54) is 24.3 Å². The maximum absolute atomic E-state index is 12.9. The first-order chi connectivity index (χ1) is 11.6. The van der Waals surface area contributed by atoms with Gasteiger partial charge in [0, 0.05) is 49.8 Å². The Bertz CT molecular complexity index is 698. The quantitative estimate of drug-likeness (QED) is 0.858. The van der Waals surface area contributed by atoms with Gasteiger partial charge in [0.1, 0.15) is 11.6 Å². The number of carbonyl (C=O) groups is 2. The summed E-state index contributed by atoms with van der Waals surface area (Å²) in [5.41, 5.74) is 0.441. The molecular formula is C18H20FN3O2. The molecule has 0 radical (unpaired) electrons. The van der Waals surface area contributed by atoms with Crippen molar-refractivity contribution >= 4 is 11.7 Å². The minimum absolute atomic E-state index is 0.0123. The highest BCUT2D eigenvalue weighted by Crippen LogP contribution is 2.24. The number of nitrogens with zero attached hydrogens (tertiary/aromatic N) is 2. The van der Waals surface area contributed by atoms with Crippen LogP contribution in [-0.2, 0) is 4.79 Å². The summed E-state index contributed by atoms with van der Waals surface area (Å²) in [5, 5.41) is 0. The van der Waals surface area contributed by atoms with E-state index in [0.29, 0.717) is 12.1 Å². The normalized spacial score (nSPS) is 17.7. The third kappa shape index (κ3) is 3.88. The molecule has 0 aliphatic carbocycles. The van der Waals surface area contributed by atoms with Crippen molar-refractivity contribution in [3.8, 4) is 0 Å². The Balaban J connectivity index is 1.53. The second kappa shape index (κ2) is 7.38. The van der Waals surface area contributed by atoms with Crippen molar-refractivity contribution in [2.24, 2.45) is 0 Å². The monoisotopic (exact) mass is 329 g/mol. The Kier molecular flexibility index (Phi) is 5.03. The summed E-state index contributed by atoms with van der Waals surface area (Å²) < 4.78 is 12.9. The molecule has 0 unspecified atom stereocenters. The zero-order valence-corrected chi connectivity index (χ0v) is 13.4. The molecule has 5 nitrogen and oxygen atoms in total. The largest absolute Gasteiger partial charge is 0.348 e. The highest BCUT2D eigenvalue weighted by molar-refractivity contribution is 5.97. The lowest BCUT2D eigenvalue weighted by atomic mass is 9.96. The summed E-state index contributed by atoms with van der Waals surface area (Å²) in [6.07, 6.45) is 5.78. The lowest BCUT2D eigenvalue weighted by Gasteiger charge is -2.32. The molecule has 1 fully saturated rings. The smallest absolute Gasteiger partial charge is 0.223 e. The number of hydrogen-bond acceptors (Lipinski definition) is 3. The van der Waals surface area contributed by atoms with Gasteiger partial charge in [0.15, 0.2) is 5.78 Å². The van der Waals surface area contributed by atoms with E-state index in [4.69, 9.17) is 0 Å². The number of benzene rings is 1. The molecule has 1 N–H and O–H groups in total.